The number of aromatic nitrogens is 10. The van der Waals surface area contributed by atoms with E-state index in [4.69, 9.17) is 17.2 Å². The minimum absolute atomic E-state index is 0.0429. The smallest absolute Gasteiger partial charge is 0.265 e. The zero-order valence-electron chi connectivity index (χ0n) is 39.9. The van der Waals surface area contributed by atoms with Gasteiger partial charge in [0.2, 0.25) is 0 Å². The summed E-state index contributed by atoms with van der Waals surface area (Å²) in [7, 11) is 1.72. The molecule has 21 nitrogen and oxygen atoms in total. The number of amides is 3. The highest BCUT2D eigenvalue weighted by Gasteiger charge is 2.26. The minimum atomic E-state index is -0.633. The molecular weight excluding hydrogens is 941 g/mol. The summed E-state index contributed by atoms with van der Waals surface area (Å²) in [6, 6.07) is 34.8. The molecule has 11 aromatic rings. The molecule has 0 aliphatic rings. The highest BCUT2D eigenvalue weighted by Crippen LogP contribution is 2.29. The molecule has 0 saturated heterocycles. The fourth-order valence-corrected chi connectivity index (χ4v) is 8.88. The number of hydrogen-bond acceptors (Lipinski definition) is 13. The summed E-state index contributed by atoms with van der Waals surface area (Å²) in [6.07, 6.45) is 9.49. The van der Waals surface area contributed by atoms with Crippen LogP contribution in [0.4, 0.5) is 23.0 Å². The van der Waals surface area contributed by atoms with Crippen molar-refractivity contribution in [1.82, 2.24) is 58.7 Å². The second-order valence-electron chi connectivity index (χ2n) is 17.2. The summed E-state index contributed by atoms with van der Waals surface area (Å²) in [6.45, 7) is 3.58. The van der Waals surface area contributed by atoms with Crippen LogP contribution >= 0.6 is 0 Å². The van der Waals surface area contributed by atoms with Crippen LogP contribution in [0.15, 0.2) is 168 Å². The van der Waals surface area contributed by atoms with Crippen LogP contribution in [0, 0.1) is 0 Å². The van der Waals surface area contributed by atoms with Gasteiger partial charge in [0.15, 0.2) is 22.9 Å². The third-order valence-electron chi connectivity index (χ3n) is 12.3. The first-order valence-corrected chi connectivity index (χ1v) is 23.1. The van der Waals surface area contributed by atoms with E-state index in [2.05, 4.69) is 41.2 Å². The molecule has 0 unspecified atom stereocenters. The van der Waals surface area contributed by atoms with Crippen molar-refractivity contribution in [1.29, 1.82) is 0 Å². The van der Waals surface area contributed by atoms with Crippen LogP contribution in [0.25, 0.3) is 44.2 Å². The largest absolute Gasteiger partial charge is 0.398 e. The molecule has 0 fully saturated rings. The number of aryl methyl sites for hydroxylation is 1. The van der Waals surface area contributed by atoms with Crippen molar-refractivity contribution in [2.75, 3.05) is 22.5 Å². The van der Waals surface area contributed by atoms with E-state index in [9.17, 15) is 24.0 Å². The second kappa shape index (κ2) is 19.4. The van der Waals surface area contributed by atoms with Gasteiger partial charge in [0.25, 0.3) is 28.8 Å². The number of anilines is 4. The van der Waals surface area contributed by atoms with Gasteiger partial charge in [-0.1, -0.05) is 60.7 Å². The van der Waals surface area contributed by atoms with Crippen molar-refractivity contribution < 1.29 is 14.4 Å². The predicted octanol–water partition coefficient (Wildman–Crippen LogP) is 5.78. The number of carbonyl (C=O) groups is 3. The fourth-order valence-electron chi connectivity index (χ4n) is 8.88. The first-order chi connectivity index (χ1) is 35.8. The van der Waals surface area contributed by atoms with Gasteiger partial charge in [0, 0.05) is 66.5 Å². The Morgan fingerprint density at radius 3 is 1.57 bits per heavy atom. The van der Waals surface area contributed by atoms with Gasteiger partial charge < -0.3 is 33.2 Å². The van der Waals surface area contributed by atoms with Crippen molar-refractivity contribution in [2.24, 2.45) is 7.05 Å². The molecule has 9 N–H and O–H groups in total. The maximum absolute atomic E-state index is 14.2. The van der Waals surface area contributed by atoms with Gasteiger partial charge >= 0.3 is 0 Å². The molecule has 368 valence electrons. The third-order valence-corrected chi connectivity index (χ3v) is 12.3. The van der Waals surface area contributed by atoms with Gasteiger partial charge in [-0.2, -0.15) is 5.10 Å². The normalized spacial score (nSPS) is 12.0. The molecule has 11 rings (SSSR count). The van der Waals surface area contributed by atoms with Gasteiger partial charge in [-0.3, -0.25) is 37.8 Å². The first-order valence-electron chi connectivity index (χ1n) is 23.1. The Morgan fingerprint density at radius 2 is 1.07 bits per heavy atom. The number of pyridine rings is 2. The van der Waals surface area contributed by atoms with E-state index in [-0.39, 0.29) is 39.8 Å². The Labute approximate surface area is 419 Å². The number of benzene rings is 4. The second-order valence-corrected chi connectivity index (χ2v) is 17.2. The van der Waals surface area contributed by atoms with Crippen molar-refractivity contribution in [2.45, 2.75) is 25.9 Å². The number of rotatable bonds is 10. The van der Waals surface area contributed by atoms with E-state index in [0.29, 0.717) is 72.5 Å². The molecule has 2 atom stereocenters. The zero-order valence-corrected chi connectivity index (χ0v) is 39.9. The first kappa shape index (κ1) is 47.2. The van der Waals surface area contributed by atoms with E-state index in [1.54, 1.807) is 111 Å². The van der Waals surface area contributed by atoms with Crippen molar-refractivity contribution in [3.63, 3.8) is 0 Å². The standard InChI is InChI=1S/C29H25N9O3.C24H21N7O2/c1-17(33-28(40)24-25(30)35-37-13-7-12-31-26(24)37)22-14-18-8-6-11-21(34-27(39)19-15-32-36(2)16-19)23(18)29(41)38(22)20-9-4-3-5-10-20;1-14(28-23(32)20-21(26)29-30-12-6-11-27-22(20)30)18-13-15-7-5-10-17(25)19(15)24(33)31(18)16-8-3-2-4-9-16/h3-17H,1-2H3,(H2,30,35)(H,33,40)(H,34,39);2-14H,25H2,1H3,(H2,26,29)(H,28,32)/t17-;14-/m00/s1. The monoisotopic (exact) mass is 986 g/mol. The number of fused-ring (bicyclic) bond motifs is 4. The van der Waals surface area contributed by atoms with Gasteiger partial charge in [0.05, 0.1) is 40.3 Å². The summed E-state index contributed by atoms with van der Waals surface area (Å²) in [4.78, 5) is 75.7. The zero-order chi connectivity index (χ0) is 51.8. The summed E-state index contributed by atoms with van der Waals surface area (Å²) in [5.41, 5.74) is 22.1. The Balaban J connectivity index is 0.000000173. The fraction of sp³-hybridized carbons (Fsp3) is 0.0943. The lowest BCUT2D eigenvalue weighted by Gasteiger charge is -2.21. The van der Waals surface area contributed by atoms with E-state index >= 15 is 0 Å². The van der Waals surface area contributed by atoms with Crippen LogP contribution in [0.2, 0.25) is 0 Å². The molecule has 0 spiro atoms. The number of carbonyl (C=O) groups excluding carboxylic acids is 3. The lowest BCUT2D eigenvalue weighted by Crippen LogP contribution is -2.32. The van der Waals surface area contributed by atoms with E-state index < -0.39 is 23.9 Å². The van der Waals surface area contributed by atoms with Crippen molar-refractivity contribution in [3.05, 3.63) is 207 Å². The molecule has 0 radical (unpaired) electrons. The molecule has 3 amide bonds. The minimum Gasteiger partial charge on any atom is -0.398 e. The topological polar surface area (TPSA) is 288 Å². The van der Waals surface area contributed by atoms with Crippen molar-refractivity contribution >= 4 is 73.6 Å². The highest BCUT2D eigenvalue weighted by molar-refractivity contribution is 6.09. The van der Waals surface area contributed by atoms with Gasteiger partial charge in [0.1, 0.15) is 11.1 Å². The molecule has 0 aliphatic heterocycles. The molecule has 7 aromatic heterocycles. The highest BCUT2D eigenvalue weighted by atomic mass is 16.2. The molecule has 21 heteroatoms. The summed E-state index contributed by atoms with van der Waals surface area (Å²) in [5.74, 6) is -1.19. The number of nitrogen functional groups attached to an aromatic ring is 3. The molecular formula is C53H46N16O5. The van der Waals surface area contributed by atoms with Gasteiger partial charge in [-0.25, -0.2) is 19.0 Å². The molecule has 74 heavy (non-hydrogen) atoms. The Hall–Kier alpha value is -10.4. The Bertz CT molecular complexity index is 4100. The lowest BCUT2D eigenvalue weighted by atomic mass is 10.1. The van der Waals surface area contributed by atoms with Crippen LogP contribution in [0.5, 0.6) is 0 Å². The van der Waals surface area contributed by atoms with Crippen molar-refractivity contribution in [3.8, 4) is 11.4 Å². The number of nitrogens with one attached hydrogen (secondary N) is 3. The molecule has 7 heterocycles. The molecule has 0 saturated carbocycles. The van der Waals surface area contributed by atoms with Gasteiger partial charge in [-0.05, 0) is 85.3 Å². The number of nitrogens with zero attached hydrogens (tertiary/aromatic N) is 10. The average molecular weight is 987 g/mol. The number of hydrogen-bond donors (Lipinski definition) is 6. The van der Waals surface area contributed by atoms with Crippen LogP contribution in [0.3, 0.4) is 0 Å². The van der Waals surface area contributed by atoms with Gasteiger partial charge in [-0.15, -0.1) is 10.2 Å². The SMILES string of the molecule is C[C@H](NC(=O)c1c(N)nn2cccnc12)c1cc2cccc(N)c2c(=O)n1-c1ccccc1.C[C@H](NC(=O)c1c(N)nn2cccnc12)c1cc2cccc(NC(=O)c3cnn(C)c3)c2c(=O)n1-c1ccccc1. The maximum atomic E-state index is 14.2. The van der Waals surface area contributed by atoms with E-state index in [1.165, 1.54) is 24.5 Å². The Kier molecular flexibility index (Phi) is 12.4. The molecule has 0 bridgehead atoms. The number of nitrogens with two attached hydrogens (primary N) is 3. The summed E-state index contributed by atoms with van der Waals surface area (Å²) < 4.78 is 7.52. The van der Waals surface area contributed by atoms with Crippen LogP contribution in [-0.2, 0) is 7.05 Å². The van der Waals surface area contributed by atoms with E-state index in [0.717, 1.165) is 0 Å². The van der Waals surface area contributed by atoms with Crippen LogP contribution in [0.1, 0.15) is 68.4 Å². The molecule has 4 aromatic carbocycles. The quantitative estimate of drug-likeness (QED) is 0.0887. The number of para-hydroxylation sites is 2. The molecule has 0 aliphatic carbocycles. The lowest BCUT2D eigenvalue weighted by molar-refractivity contribution is 0.0932. The third kappa shape index (κ3) is 8.76. The summed E-state index contributed by atoms with van der Waals surface area (Å²) in [5, 5.41) is 23.2. The van der Waals surface area contributed by atoms with Crippen LogP contribution < -0.4 is 44.3 Å². The van der Waals surface area contributed by atoms with Crippen LogP contribution in [-0.4, -0.2) is 65.8 Å². The summed E-state index contributed by atoms with van der Waals surface area (Å²) >= 11 is 0. The average Bonchev–Trinajstić information content (AvgIpc) is 4.10. The predicted molar refractivity (Wildman–Crippen MR) is 281 cm³/mol. The van der Waals surface area contributed by atoms with E-state index in [1.807, 2.05) is 66.7 Å². The maximum Gasteiger partial charge on any atom is 0.265 e. The Morgan fingerprint density at radius 1 is 0.581 bits per heavy atom.